The smallest absolute Gasteiger partial charge is 0.251 e. The highest BCUT2D eigenvalue weighted by Crippen LogP contribution is 2.06. The first kappa shape index (κ1) is 13.7. The van der Waals surface area contributed by atoms with Gasteiger partial charge < -0.3 is 5.32 Å². The average molecular weight is 326 g/mol. The number of nitrogens with zero attached hydrogens (tertiary/aromatic N) is 2. The number of nitrogens with one attached hydrogen (secondary N) is 1. The van der Waals surface area contributed by atoms with Crippen LogP contribution < -0.4 is 5.32 Å². The summed E-state index contributed by atoms with van der Waals surface area (Å²) in [4.78, 5) is 11.7. The van der Waals surface area contributed by atoms with Crippen molar-refractivity contribution in [1.82, 2.24) is 15.1 Å². The van der Waals surface area contributed by atoms with Crippen LogP contribution in [0.1, 0.15) is 16.8 Å². The maximum absolute atomic E-state index is 12.9. The molecular weight excluding hydrogens is 313 g/mol. The van der Waals surface area contributed by atoms with Gasteiger partial charge in [-0.05, 0) is 40.5 Å². The van der Waals surface area contributed by atoms with Crippen molar-refractivity contribution in [2.75, 3.05) is 6.54 Å². The molecule has 1 amide bonds. The predicted octanol–water partition coefficient (Wildman–Crippen LogP) is 2.60. The Morgan fingerprint density at radius 1 is 1.47 bits per heavy atom. The van der Waals surface area contributed by atoms with Crippen LogP contribution in [-0.4, -0.2) is 22.2 Å². The molecule has 2 rings (SSSR count). The number of hydrogen-bond acceptors (Lipinski definition) is 2. The topological polar surface area (TPSA) is 46.9 Å². The van der Waals surface area contributed by atoms with E-state index >= 15 is 0 Å². The van der Waals surface area contributed by atoms with E-state index in [1.165, 1.54) is 18.2 Å². The number of carbonyl (C=O) groups is 1. The summed E-state index contributed by atoms with van der Waals surface area (Å²) in [6, 6.07) is 5.64. The number of aryl methyl sites for hydroxylation is 1. The first-order valence-electron chi connectivity index (χ1n) is 5.87. The Hall–Kier alpha value is -1.69. The van der Waals surface area contributed by atoms with Crippen molar-refractivity contribution in [3.63, 3.8) is 0 Å². The van der Waals surface area contributed by atoms with Crippen molar-refractivity contribution in [3.8, 4) is 0 Å². The SMILES string of the molecule is O=C(NCCCn1cc(Br)cn1)c1cccc(F)c1. The highest BCUT2D eigenvalue weighted by molar-refractivity contribution is 9.10. The Bertz CT molecular complexity index is 571. The Kier molecular flexibility index (Phi) is 4.68. The number of rotatable bonds is 5. The Morgan fingerprint density at radius 2 is 2.32 bits per heavy atom. The van der Waals surface area contributed by atoms with E-state index in [4.69, 9.17) is 0 Å². The molecule has 0 atom stereocenters. The second-order valence-corrected chi connectivity index (χ2v) is 4.96. The van der Waals surface area contributed by atoms with Gasteiger partial charge in [0.05, 0.1) is 10.7 Å². The summed E-state index contributed by atoms with van der Waals surface area (Å²) in [6.07, 6.45) is 4.34. The minimum atomic E-state index is -0.408. The zero-order valence-corrected chi connectivity index (χ0v) is 11.7. The summed E-state index contributed by atoms with van der Waals surface area (Å²) in [5.74, 6) is -0.671. The van der Waals surface area contributed by atoms with E-state index in [9.17, 15) is 9.18 Å². The fraction of sp³-hybridized carbons (Fsp3) is 0.231. The number of halogens is 2. The number of carbonyl (C=O) groups excluding carboxylic acids is 1. The van der Waals surface area contributed by atoms with Crippen LogP contribution in [0.5, 0.6) is 0 Å². The molecule has 0 bridgehead atoms. The van der Waals surface area contributed by atoms with Gasteiger partial charge in [0.25, 0.3) is 5.91 Å². The molecule has 6 heteroatoms. The summed E-state index contributed by atoms with van der Waals surface area (Å²) in [6.45, 7) is 1.24. The second kappa shape index (κ2) is 6.47. The number of aromatic nitrogens is 2. The highest BCUT2D eigenvalue weighted by Gasteiger charge is 2.05. The Balaban J connectivity index is 1.75. The third-order valence-corrected chi connectivity index (χ3v) is 2.95. The molecule has 1 aromatic heterocycles. The van der Waals surface area contributed by atoms with Crippen molar-refractivity contribution in [2.24, 2.45) is 0 Å². The maximum Gasteiger partial charge on any atom is 0.251 e. The minimum Gasteiger partial charge on any atom is -0.352 e. The van der Waals surface area contributed by atoms with Crippen LogP contribution in [0, 0.1) is 5.82 Å². The van der Waals surface area contributed by atoms with Gasteiger partial charge in [0.1, 0.15) is 5.82 Å². The minimum absolute atomic E-state index is 0.263. The molecule has 1 N–H and O–H groups in total. The monoisotopic (exact) mass is 325 g/mol. The molecule has 0 unspecified atom stereocenters. The summed E-state index contributed by atoms with van der Waals surface area (Å²) in [5.41, 5.74) is 0.335. The van der Waals surface area contributed by atoms with E-state index in [2.05, 4.69) is 26.3 Å². The van der Waals surface area contributed by atoms with Gasteiger partial charge in [-0.2, -0.15) is 5.10 Å². The van der Waals surface area contributed by atoms with Gasteiger partial charge in [-0.1, -0.05) is 6.07 Å². The van der Waals surface area contributed by atoms with Crippen LogP contribution in [0.3, 0.4) is 0 Å². The molecule has 0 aliphatic heterocycles. The first-order chi connectivity index (χ1) is 9.15. The summed E-state index contributed by atoms with van der Waals surface area (Å²) in [7, 11) is 0. The lowest BCUT2D eigenvalue weighted by atomic mass is 10.2. The summed E-state index contributed by atoms with van der Waals surface area (Å²) < 4.78 is 15.7. The molecule has 0 aliphatic rings. The van der Waals surface area contributed by atoms with Gasteiger partial charge in [0.15, 0.2) is 0 Å². The Morgan fingerprint density at radius 3 is 3.00 bits per heavy atom. The molecule has 0 aliphatic carbocycles. The number of benzene rings is 1. The molecule has 0 radical (unpaired) electrons. The molecular formula is C13H13BrFN3O. The van der Waals surface area contributed by atoms with E-state index in [0.717, 1.165) is 17.4 Å². The first-order valence-corrected chi connectivity index (χ1v) is 6.66. The van der Waals surface area contributed by atoms with Crippen LogP contribution in [0.4, 0.5) is 4.39 Å². The van der Waals surface area contributed by atoms with Crippen molar-refractivity contribution in [3.05, 3.63) is 52.5 Å². The molecule has 19 heavy (non-hydrogen) atoms. The maximum atomic E-state index is 12.9. The van der Waals surface area contributed by atoms with Crippen LogP contribution in [-0.2, 0) is 6.54 Å². The number of amides is 1. The van der Waals surface area contributed by atoms with Crippen molar-refractivity contribution in [1.29, 1.82) is 0 Å². The van der Waals surface area contributed by atoms with Gasteiger partial charge >= 0.3 is 0 Å². The zero-order chi connectivity index (χ0) is 13.7. The van der Waals surface area contributed by atoms with Crippen LogP contribution >= 0.6 is 15.9 Å². The lowest BCUT2D eigenvalue weighted by Gasteiger charge is -2.05. The van der Waals surface area contributed by atoms with Crippen LogP contribution in [0.25, 0.3) is 0 Å². The zero-order valence-electron chi connectivity index (χ0n) is 10.1. The molecule has 0 saturated carbocycles. The normalized spacial score (nSPS) is 10.4. The standard InChI is InChI=1S/C13H13BrFN3O/c14-11-8-17-18(9-11)6-2-5-16-13(19)10-3-1-4-12(15)7-10/h1,3-4,7-9H,2,5-6H2,(H,16,19). The van der Waals surface area contributed by atoms with Crippen LogP contribution in [0.15, 0.2) is 41.1 Å². The lowest BCUT2D eigenvalue weighted by Crippen LogP contribution is -2.25. The predicted molar refractivity (Wildman–Crippen MR) is 73.3 cm³/mol. The van der Waals surface area contributed by atoms with Crippen molar-refractivity contribution >= 4 is 21.8 Å². The van der Waals surface area contributed by atoms with Crippen molar-refractivity contribution in [2.45, 2.75) is 13.0 Å². The van der Waals surface area contributed by atoms with Crippen LogP contribution in [0.2, 0.25) is 0 Å². The molecule has 1 aromatic carbocycles. The summed E-state index contributed by atoms with van der Waals surface area (Å²) >= 11 is 3.31. The van der Waals surface area contributed by atoms with E-state index in [0.29, 0.717) is 12.1 Å². The van der Waals surface area contributed by atoms with Crippen molar-refractivity contribution < 1.29 is 9.18 Å². The van der Waals surface area contributed by atoms with Gasteiger partial charge in [0.2, 0.25) is 0 Å². The molecule has 0 spiro atoms. The van der Waals surface area contributed by atoms with Gasteiger partial charge in [-0.3, -0.25) is 9.48 Å². The second-order valence-electron chi connectivity index (χ2n) is 4.04. The molecule has 1 heterocycles. The van der Waals surface area contributed by atoms with E-state index < -0.39 is 5.82 Å². The molecule has 0 fully saturated rings. The third-order valence-electron chi connectivity index (χ3n) is 2.54. The average Bonchev–Trinajstić information content (AvgIpc) is 2.80. The molecule has 2 aromatic rings. The quantitative estimate of drug-likeness (QED) is 0.859. The van der Waals surface area contributed by atoms with Gasteiger partial charge in [-0.15, -0.1) is 0 Å². The van der Waals surface area contributed by atoms with Gasteiger partial charge in [0, 0.05) is 24.8 Å². The fourth-order valence-corrected chi connectivity index (χ4v) is 1.96. The largest absolute Gasteiger partial charge is 0.352 e. The van der Waals surface area contributed by atoms with E-state index in [-0.39, 0.29) is 5.91 Å². The Labute approximate surface area is 118 Å². The number of hydrogen-bond donors (Lipinski definition) is 1. The van der Waals surface area contributed by atoms with E-state index in [1.54, 1.807) is 16.9 Å². The van der Waals surface area contributed by atoms with E-state index in [1.807, 2.05) is 6.20 Å². The molecule has 100 valence electrons. The highest BCUT2D eigenvalue weighted by atomic mass is 79.9. The summed E-state index contributed by atoms with van der Waals surface area (Å²) in [5, 5.41) is 6.85. The molecule has 4 nitrogen and oxygen atoms in total. The molecule has 0 saturated heterocycles. The fourth-order valence-electron chi connectivity index (χ4n) is 1.64. The van der Waals surface area contributed by atoms with Gasteiger partial charge in [-0.25, -0.2) is 4.39 Å². The third kappa shape index (κ3) is 4.17. The lowest BCUT2D eigenvalue weighted by molar-refractivity contribution is 0.0952.